The first-order valence-corrected chi connectivity index (χ1v) is 24.8. The molecule has 2 aromatic heterocycles. The van der Waals surface area contributed by atoms with E-state index in [1.807, 2.05) is 67.6 Å². The second-order valence-electron chi connectivity index (χ2n) is 15.0. The molecule has 22 heteroatoms. The van der Waals surface area contributed by atoms with Gasteiger partial charge < -0.3 is 41.7 Å². The first kappa shape index (κ1) is 50.2. The van der Waals surface area contributed by atoms with Gasteiger partial charge in [-0.05, 0) is 105 Å². The molecule has 2 heterocycles. The molecule has 6 aromatic rings. The molecule has 0 spiro atoms. The molecule has 0 aliphatic heterocycles. The highest BCUT2D eigenvalue weighted by Gasteiger charge is 2.19. The fourth-order valence-corrected chi connectivity index (χ4v) is 8.14. The van der Waals surface area contributed by atoms with Crippen LogP contribution in [0.2, 0.25) is 0 Å². The summed E-state index contributed by atoms with van der Waals surface area (Å²) in [6, 6.07) is 26.8. The third-order valence-electron chi connectivity index (χ3n) is 10.3. The van der Waals surface area contributed by atoms with Crippen LogP contribution in [0.3, 0.4) is 0 Å². The highest BCUT2D eigenvalue weighted by Crippen LogP contribution is 2.29. The van der Waals surface area contributed by atoms with Gasteiger partial charge in [-0.2, -0.15) is 46.7 Å². The quantitative estimate of drug-likeness (QED) is 0.0145. The molecule has 0 unspecified atom stereocenters. The first-order chi connectivity index (χ1) is 32.7. The maximum absolute atomic E-state index is 12.8. The molecule has 0 fully saturated rings. The van der Waals surface area contributed by atoms with Crippen molar-refractivity contribution >= 4 is 90.8 Å². The largest absolute Gasteiger partial charge is 0.378 e. The van der Waals surface area contributed by atoms with Crippen molar-refractivity contribution in [3.8, 4) is 0 Å². The van der Waals surface area contributed by atoms with Crippen molar-refractivity contribution < 1.29 is 25.9 Å². The monoisotopic (exact) mass is 964 g/mol. The molecule has 0 amide bonds. The zero-order chi connectivity index (χ0) is 48.5. The molecule has 4 aromatic carbocycles. The Balaban J connectivity index is 1.24. The zero-order valence-corrected chi connectivity index (χ0v) is 39.6. The van der Waals surface area contributed by atoms with E-state index < -0.39 is 30.0 Å². The lowest BCUT2D eigenvalue weighted by molar-refractivity contribution is 0.303. The maximum Gasteiger partial charge on any atom is 0.295 e. The third-order valence-corrected chi connectivity index (χ3v) is 12.1. The van der Waals surface area contributed by atoms with Crippen molar-refractivity contribution in [1.82, 2.24) is 39.7 Å². The molecular weight excluding hydrogens is 909 g/mol. The summed E-state index contributed by atoms with van der Waals surface area (Å²) < 4.78 is 71.9. The zero-order valence-electron chi connectivity index (χ0n) is 38.0. The Morgan fingerprint density at radius 1 is 0.515 bits per heavy atom. The van der Waals surface area contributed by atoms with E-state index in [4.69, 9.17) is 0 Å². The number of nitrogens with zero attached hydrogens (tertiary/aromatic N) is 8. The minimum atomic E-state index is -4.85. The SMILES string of the molecule is C=CN(CC)CCCNc1nc(Nc2ccccc2)nc(Nc2ccc(/C=C/c3ccc(Nc4nc(NCCCN(CC)CC)nc(Nc5ccccc5)n4)cc3S(=O)(=O)O)c(S(=O)(=O)O)c2)n1. The minimum Gasteiger partial charge on any atom is -0.378 e. The van der Waals surface area contributed by atoms with E-state index in [0.717, 1.165) is 56.9 Å². The normalized spacial score (nSPS) is 11.6. The maximum atomic E-state index is 12.8. The Morgan fingerprint density at radius 3 is 1.26 bits per heavy atom. The standard InChI is InChI=1S/C46H56N14O6S2/c1-5-59(6-2)29-15-27-47-41-53-43(49-35-17-11-9-12-18-35)57-45(55-41)51-37-25-23-33(39(31-37)67(61,62)63)21-22-34-24-26-38(32-40(34)68(64,65)66)52-46-56-42(48-28-16-30-60(7-3)8-4)54-44(58-46)50-36-19-13-10-14-20-36/h5,9-14,17-26,31-32H,1,6-8,15-16,27-30H2,2-4H3,(H,61,62,63)(H,64,65,66)(H3,47,49,51,53,55,57)(H3,48,50,52,54,56,58)/b22-21+. The van der Waals surface area contributed by atoms with Crippen LogP contribution in [0.25, 0.3) is 12.2 Å². The van der Waals surface area contributed by atoms with Crippen LogP contribution in [0.15, 0.2) is 120 Å². The number of rotatable bonds is 26. The van der Waals surface area contributed by atoms with Crippen LogP contribution in [-0.4, -0.2) is 111 Å². The van der Waals surface area contributed by atoms with Crippen LogP contribution in [0, 0.1) is 0 Å². The lowest BCUT2D eigenvalue weighted by Crippen LogP contribution is -2.25. The molecule has 6 rings (SSSR count). The molecule has 0 saturated carbocycles. The number of para-hydroxylation sites is 2. The van der Waals surface area contributed by atoms with Crippen molar-refractivity contribution in [2.45, 2.75) is 43.4 Å². The number of hydrogen-bond donors (Lipinski definition) is 8. The van der Waals surface area contributed by atoms with Crippen LogP contribution < -0.4 is 31.9 Å². The van der Waals surface area contributed by atoms with Crippen molar-refractivity contribution in [2.75, 3.05) is 77.7 Å². The summed E-state index contributed by atoms with van der Waals surface area (Å²) in [6.07, 6.45) is 5.98. The summed E-state index contributed by atoms with van der Waals surface area (Å²) in [5, 5.41) is 18.8. The van der Waals surface area contributed by atoms with Gasteiger partial charge in [-0.3, -0.25) is 9.11 Å². The van der Waals surface area contributed by atoms with E-state index in [1.54, 1.807) is 6.20 Å². The first-order valence-electron chi connectivity index (χ1n) is 21.9. The van der Waals surface area contributed by atoms with Crippen LogP contribution in [0.5, 0.6) is 0 Å². The van der Waals surface area contributed by atoms with Crippen LogP contribution in [0.1, 0.15) is 44.7 Å². The number of hydrogen-bond acceptors (Lipinski definition) is 18. The smallest absolute Gasteiger partial charge is 0.295 e. The van der Waals surface area contributed by atoms with Crippen molar-refractivity contribution in [3.63, 3.8) is 0 Å². The highest BCUT2D eigenvalue weighted by molar-refractivity contribution is 7.86. The Kier molecular flexibility index (Phi) is 17.7. The summed E-state index contributed by atoms with van der Waals surface area (Å²) in [6.45, 7) is 15.6. The summed E-state index contributed by atoms with van der Waals surface area (Å²) in [5.74, 6) is 1.11. The van der Waals surface area contributed by atoms with Crippen molar-refractivity contribution in [1.29, 1.82) is 0 Å². The van der Waals surface area contributed by atoms with Gasteiger partial charge in [0.25, 0.3) is 20.2 Å². The van der Waals surface area contributed by atoms with Gasteiger partial charge in [0, 0.05) is 48.9 Å². The predicted molar refractivity (Wildman–Crippen MR) is 269 cm³/mol. The summed E-state index contributed by atoms with van der Waals surface area (Å²) in [5.41, 5.74) is 1.88. The second kappa shape index (κ2) is 24.0. The van der Waals surface area contributed by atoms with E-state index in [2.05, 4.69) is 92.0 Å². The lowest BCUT2D eigenvalue weighted by atomic mass is 10.1. The minimum absolute atomic E-state index is 0.00683. The lowest BCUT2D eigenvalue weighted by Gasteiger charge is -2.18. The molecule has 0 aliphatic carbocycles. The number of benzene rings is 4. The van der Waals surface area contributed by atoms with Crippen molar-refractivity contribution in [2.24, 2.45) is 0 Å². The van der Waals surface area contributed by atoms with Crippen molar-refractivity contribution in [3.05, 3.63) is 121 Å². The summed E-state index contributed by atoms with van der Waals surface area (Å²) in [4.78, 5) is 30.3. The van der Waals surface area contributed by atoms with Crippen LogP contribution in [-0.2, 0) is 20.2 Å². The Hall–Kier alpha value is -7.24. The van der Waals surface area contributed by atoms with E-state index >= 15 is 0 Å². The highest BCUT2D eigenvalue weighted by atomic mass is 32.2. The van der Waals surface area contributed by atoms with E-state index in [9.17, 15) is 25.9 Å². The summed E-state index contributed by atoms with van der Waals surface area (Å²) in [7, 11) is -9.69. The topological polar surface area (TPSA) is 265 Å². The van der Waals surface area contributed by atoms with Gasteiger partial charge in [0.1, 0.15) is 9.79 Å². The molecule has 0 radical (unpaired) electrons. The molecule has 0 saturated heterocycles. The molecule has 358 valence electrons. The molecule has 68 heavy (non-hydrogen) atoms. The molecular formula is C46H56N14O6S2. The van der Waals surface area contributed by atoms with Gasteiger partial charge in [-0.1, -0.05) is 81.1 Å². The summed E-state index contributed by atoms with van der Waals surface area (Å²) >= 11 is 0. The Bertz CT molecular complexity index is 2870. The molecule has 20 nitrogen and oxygen atoms in total. The Morgan fingerprint density at radius 2 is 0.897 bits per heavy atom. The average Bonchev–Trinajstić information content (AvgIpc) is 3.31. The second-order valence-corrected chi connectivity index (χ2v) is 17.8. The van der Waals surface area contributed by atoms with Crippen LogP contribution in [0.4, 0.5) is 58.4 Å². The predicted octanol–water partition coefficient (Wildman–Crippen LogP) is 8.11. The third kappa shape index (κ3) is 15.1. The molecule has 0 atom stereocenters. The number of aromatic nitrogens is 6. The van der Waals surface area contributed by atoms with Gasteiger partial charge in [0.15, 0.2) is 0 Å². The van der Waals surface area contributed by atoms with Crippen LogP contribution >= 0.6 is 0 Å². The average molecular weight is 965 g/mol. The van der Waals surface area contributed by atoms with Gasteiger partial charge >= 0.3 is 0 Å². The fraction of sp³-hybridized carbons (Fsp3) is 0.261. The van der Waals surface area contributed by atoms with Gasteiger partial charge in [-0.25, -0.2) is 0 Å². The van der Waals surface area contributed by atoms with E-state index in [-0.39, 0.29) is 58.2 Å². The fourth-order valence-electron chi connectivity index (χ4n) is 6.72. The Labute approximate surface area is 397 Å². The van der Waals surface area contributed by atoms with Gasteiger partial charge in [0.05, 0.1) is 0 Å². The number of anilines is 10. The number of nitrogens with one attached hydrogen (secondary N) is 6. The van der Waals surface area contributed by atoms with Gasteiger partial charge in [-0.15, -0.1) is 0 Å². The molecule has 0 bridgehead atoms. The van der Waals surface area contributed by atoms with Gasteiger partial charge in [0.2, 0.25) is 35.7 Å². The van der Waals surface area contributed by atoms with E-state index in [0.29, 0.717) is 13.1 Å². The molecule has 8 N–H and O–H groups in total. The molecule has 0 aliphatic rings. The van der Waals surface area contributed by atoms with E-state index in [1.165, 1.54) is 48.6 Å².